The average Bonchev–Trinajstić information content (AvgIpc) is 3.44. The molecule has 0 spiro atoms. The fourth-order valence-electron chi connectivity index (χ4n) is 5.06. The van der Waals surface area contributed by atoms with Crippen LogP contribution < -0.4 is 22.1 Å². The molecule has 0 saturated heterocycles. The second kappa shape index (κ2) is 12.5. The van der Waals surface area contributed by atoms with Crippen LogP contribution in [0.1, 0.15) is 31.2 Å². The summed E-state index contributed by atoms with van der Waals surface area (Å²) >= 11 is 0. The highest BCUT2D eigenvalue weighted by Crippen LogP contribution is 2.28. The maximum atomic E-state index is 13.5. The van der Waals surface area contributed by atoms with Crippen molar-refractivity contribution in [3.63, 3.8) is 0 Å². The molecular formula is C30H32N6O4. The van der Waals surface area contributed by atoms with Crippen LogP contribution in [0.15, 0.2) is 82.4 Å². The Morgan fingerprint density at radius 2 is 1.70 bits per heavy atom. The van der Waals surface area contributed by atoms with Crippen molar-refractivity contribution in [2.24, 2.45) is 17.6 Å². The standard InChI is InChI=1S/C30H32N6O4/c31-17-20-5-9-23(10-6-20)28(37)34-26(16-19-3-7-21(8-4-19)24-2-1-15-32-18-24)29(38)33-25-13-11-22(12-14-25)27-35-30(39)40-36-27/h1-4,7-8,11-15,18,20,23,26H,5-6,9-10,16-17,31H2,(H,33,38)(H,34,37)(H,35,36,39). The fraction of sp³-hybridized carbons (Fsp3) is 0.300. The first-order valence-electron chi connectivity index (χ1n) is 13.5. The van der Waals surface area contributed by atoms with Gasteiger partial charge >= 0.3 is 5.76 Å². The van der Waals surface area contributed by atoms with E-state index in [-0.39, 0.29) is 17.7 Å². The van der Waals surface area contributed by atoms with E-state index in [1.54, 1.807) is 36.7 Å². The number of benzene rings is 2. The molecule has 1 unspecified atom stereocenters. The number of rotatable bonds is 9. The number of carbonyl (C=O) groups is 2. The number of hydrogen-bond acceptors (Lipinski definition) is 7. The minimum atomic E-state index is -0.768. The van der Waals surface area contributed by atoms with Gasteiger partial charge in [0.15, 0.2) is 5.82 Å². The van der Waals surface area contributed by atoms with Crippen LogP contribution in [0.4, 0.5) is 5.69 Å². The van der Waals surface area contributed by atoms with Crippen molar-refractivity contribution < 1.29 is 14.1 Å². The van der Waals surface area contributed by atoms with E-state index in [1.807, 2.05) is 36.4 Å². The number of hydrogen-bond donors (Lipinski definition) is 4. The van der Waals surface area contributed by atoms with Crippen molar-refractivity contribution in [2.75, 3.05) is 11.9 Å². The molecule has 0 bridgehead atoms. The van der Waals surface area contributed by atoms with E-state index in [1.165, 1.54) is 0 Å². The van der Waals surface area contributed by atoms with Crippen LogP contribution in [-0.4, -0.2) is 39.5 Å². The van der Waals surface area contributed by atoms with Crippen molar-refractivity contribution in [1.82, 2.24) is 20.4 Å². The first-order valence-corrected chi connectivity index (χ1v) is 13.5. The number of nitrogens with zero attached hydrogens (tertiary/aromatic N) is 2. The number of anilines is 1. The number of carbonyl (C=O) groups excluding carboxylic acids is 2. The summed E-state index contributed by atoms with van der Waals surface area (Å²) in [4.78, 5) is 44.6. The van der Waals surface area contributed by atoms with Crippen LogP contribution >= 0.6 is 0 Å². The van der Waals surface area contributed by atoms with E-state index in [4.69, 9.17) is 5.73 Å². The molecule has 1 aliphatic carbocycles. The van der Waals surface area contributed by atoms with Gasteiger partial charge in [-0.2, -0.15) is 0 Å². The summed E-state index contributed by atoms with van der Waals surface area (Å²) in [5.74, 6) is -0.437. The third-order valence-corrected chi connectivity index (χ3v) is 7.44. The van der Waals surface area contributed by atoms with Gasteiger partial charge < -0.3 is 16.4 Å². The molecule has 5 rings (SSSR count). The SMILES string of the molecule is NCC1CCC(C(=O)NC(Cc2ccc(-c3cccnc3)cc2)C(=O)Nc2ccc(-c3noc(=O)[nH]3)cc2)CC1. The molecule has 10 nitrogen and oxygen atoms in total. The molecule has 206 valence electrons. The van der Waals surface area contributed by atoms with E-state index < -0.39 is 11.8 Å². The predicted molar refractivity (Wildman–Crippen MR) is 151 cm³/mol. The molecule has 0 radical (unpaired) electrons. The molecular weight excluding hydrogens is 508 g/mol. The molecule has 1 saturated carbocycles. The van der Waals surface area contributed by atoms with Crippen molar-refractivity contribution in [2.45, 2.75) is 38.1 Å². The van der Waals surface area contributed by atoms with Crippen LogP contribution in [0.3, 0.4) is 0 Å². The Labute approximate surface area is 231 Å². The molecule has 2 aromatic carbocycles. The summed E-state index contributed by atoms with van der Waals surface area (Å²) in [5.41, 5.74) is 9.94. The second-order valence-corrected chi connectivity index (χ2v) is 10.2. The second-order valence-electron chi connectivity index (χ2n) is 10.2. The number of aromatic amines is 1. The topological polar surface area (TPSA) is 156 Å². The molecule has 0 aliphatic heterocycles. The van der Waals surface area contributed by atoms with Gasteiger partial charge in [-0.15, -0.1) is 0 Å². The number of amides is 2. The lowest BCUT2D eigenvalue weighted by atomic mass is 9.81. The van der Waals surface area contributed by atoms with Gasteiger partial charge in [0.05, 0.1) is 0 Å². The zero-order valence-corrected chi connectivity index (χ0v) is 22.0. The summed E-state index contributed by atoms with van der Waals surface area (Å²) in [6.07, 6.45) is 7.25. The number of aromatic nitrogens is 3. The molecule has 5 N–H and O–H groups in total. The Morgan fingerprint density at radius 1 is 0.975 bits per heavy atom. The quantitative estimate of drug-likeness (QED) is 0.253. The zero-order chi connectivity index (χ0) is 27.9. The minimum absolute atomic E-state index is 0.104. The van der Waals surface area contributed by atoms with Crippen molar-refractivity contribution >= 4 is 17.5 Å². The minimum Gasteiger partial charge on any atom is -0.344 e. The van der Waals surface area contributed by atoms with Crippen LogP contribution in [0.25, 0.3) is 22.5 Å². The molecule has 2 amide bonds. The van der Waals surface area contributed by atoms with Crippen LogP contribution in [0, 0.1) is 11.8 Å². The third-order valence-electron chi connectivity index (χ3n) is 7.44. The predicted octanol–water partition coefficient (Wildman–Crippen LogP) is 3.52. The van der Waals surface area contributed by atoms with E-state index in [9.17, 15) is 14.4 Å². The maximum Gasteiger partial charge on any atom is 0.439 e. The monoisotopic (exact) mass is 540 g/mol. The normalized spacial score (nSPS) is 17.6. The summed E-state index contributed by atoms with van der Waals surface area (Å²) < 4.78 is 4.55. The first-order chi connectivity index (χ1) is 19.5. The van der Waals surface area contributed by atoms with Gasteiger partial charge in [0.2, 0.25) is 11.8 Å². The Hall–Kier alpha value is -4.57. The van der Waals surface area contributed by atoms with Gasteiger partial charge in [-0.1, -0.05) is 35.5 Å². The molecule has 4 aromatic rings. The van der Waals surface area contributed by atoms with Gasteiger partial charge in [0.25, 0.3) is 0 Å². The summed E-state index contributed by atoms with van der Waals surface area (Å²) in [6.45, 7) is 0.639. The fourth-order valence-corrected chi connectivity index (χ4v) is 5.06. The average molecular weight is 541 g/mol. The molecule has 1 aliphatic rings. The van der Waals surface area contributed by atoms with Gasteiger partial charge in [-0.3, -0.25) is 24.1 Å². The number of nitrogens with one attached hydrogen (secondary N) is 3. The van der Waals surface area contributed by atoms with Gasteiger partial charge in [0.1, 0.15) is 6.04 Å². The van der Waals surface area contributed by atoms with Gasteiger partial charge in [0, 0.05) is 36.0 Å². The van der Waals surface area contributed by atoms with Crippen molar-refractivity contribution in [1.29, 1.82) is 0 Å². The summed E-state index contributed by atoms with van der Waals surface area (Å²) in [6, 6.07) is 17.9. The largest absolute Gasteiger partial charge is 0.439 e. The Balaban J connectivity index is 1.30. The first kappa shape index (κ1) is 27.0. The highest BCUT2D eigenvalue weighted by atomic mass is 16.5. The Bertz CT molecular complexity index is 1470. The lowest BCUT2D eigenvalue weighted by molar-refractivity contribution is -0.130. The van der Waals surface area contributed by atoms with Crippen molar-refractivity contribution in [3.05, 3.63) is 89.2 Å². The van der Waals surface area contributed by atoms with E-state index in [2.05, 4.69) is 30.3 Å². The number of pyridine rings is 1. The molecule has 1 atom stereocenters. The lowest BCUT2D eigenvalue weighted by Gasteiger charge is -2.28. The summed E-state index contributed by atoms with van der Waals surface area (Å²) in [7, 11) is 0. The highest BCUT2D eigenvalue weighted by molar-refractivity contribution is 5.97. The number of nitrogens with two attached hydrogens (primary N) is 1. The lowest BCUT2D eigenvalue weighted by Crippen LogP contribution is -2.48. The van der Waals surface area contributed by atoms with E-state index in [0.29, 0.717) is 36.0 Å². The van der Waals surface area contributed by atoms with Crippen LogP contribution in [0.5, 0.6) is 0 Å². The van der Waals surface area contributed by atoms with Crippen LogP contribution in [-0.2, 0) is 16.0 Å². The molecule has 10 heteroatoms. The molecule has 40 heavy (non-hydrogen) atoms. The van der Waals surface area contributed by atoms with Gasteiger partial charge in [-0.25, -0.2) is 4.79 Å². The molecule has 2 aromatic heterocycles. The van der Waals surface area contributed by atoms with E-state index in [0.717, 1.165) is 42.4 Å². The summed E-state index contributed by atoms with van der Waals surface area (Å²) in [5, 5.41) is 9.61. The highest BCUT2D eigenvalue weighted by Gasteiger charge is 2.29. The smallest absolute Gasteiger partial charge is 0.344 e. The Kier molecular flexibility index (Phi) is 8.46. The maximum absolute atomic E-state index is 13.5. The number of H-pyrrole nitrogens is 1. The van der Waals surface area contributed by atoms with Crippen LogP contribution in [0.2, 0.25) is 0 Å². The van der Waals surface area contributed by atoms with E-state index >= 15 is 0 Å². The van der Waals surface area contributed by atoms with Gasteiger partial charge in [-0.05, 0) is 85.2 Å². The molecule has 2 heterocycles. The third kappa shape index (κ3) is 6.70. The Morgan fingerprint density at radius 3 is 2.33 bits per heavy atom. The van der Waals surface area contributed by atoms with Crippen molar-refractivity contribution in [3.8, 4) is 22.5 Å². The zero-order valence-electron chi connectivity index (χ0n) is 22.0. The molecule has 1 fully saturated rings.